The Kier molecular flexibility index (Phi) is 5.38. The van der Waals surface area contributed by atoms with Gasteiger partial charge in [-0.3, -0.25) is 14.4 Å². The maximum Gasteiger partial charge on any atom is 0.305 e. The molecule has 2 aromatic rings. The van der Waals surface area contributed by atoms with Gasteiger partial charge in [0.25, 0.3) is 11.5 Å². The van der Waals surface area contributed by atoms with Gasteiger partial charge < -0.3 is 19.3 Å². The van der Waals surface area contributed by atoms with E-state index >= 15 is 0 Å². The molecule has 1 aliphatic heterocycles. The summed E-state index contributed by atoms with van der Waals surface area (Å²) in [5.41, 5.74) is 0.398. The first-order valence-electron chi connectivity index (χ1n) is 8.46. The van der Waals surface area contributed by atoms with E-state index < -0.39 is 5.97 Å². The molecule has 9 heteroatoms. The van der Waals surface area contributed by atoms with Gasteiger partial charge in [-0.05, 0) is 25.3 Å². The number of thiophene rings is 1. The van der Waals surface area contributed by atoms with Crippen LogP contribution in [0.15, 0.2) is 11.1 Å². The van der Waals surface area contributed by atoms with Crippen molar-refractivity contribution in [3.05, 3.63) is 27.1 Å². The van der Waals surface area contributed by atoms with Crippen LogP contribution >= 0.6 is 11.3 Å². The van der Waals surface area contributed by atoms with E-state index in [9.17, 15) is 14.4 Å². The molecular weight excluding hydrogens is 358 g/mol. The highest BCUT2D eigenvalue weighted by Crippen LogP contribution is 2.28. The van der Waals surface area contributed by atoms with Gasteiger partial charge in [0.1, 0.15) is 4.83 Å². The van der Waals surface area contributed by atoms with Gasteiger partial charge in [-0.1, -0.05) is 0 Å². The normalized spacial score (nSPS) is 16.9. The predicted molar refractivity (Wildman–Crippen MR) is 96.7 cm³/mol. The number of aliphatic carboxylic acids is 1. The van der Waals surface area contributed by atoms with Gasteiger partial charge in [0.15, 0.2) is 0 Å². The Morgan fingerprint density at radius 1 is 1.50 bits per heavy atom. The second kappa shape index (κ2) is 7.55. The Balaban J connectivity index is 1.93. The van der Waals surface area contributed by atoms with Crippen LogP contribution in [0, 0.1) is 6.92 Å². The van der Waals surface area contributed by atoms with Gasteiger partial charge in [-0.25, -0.2) is 4.98 Å². The van der Waals surface area contributed by atoms with Crippen molar-refractivity contribution < 1.29 is 19.4 Å². The summed E-state index contributed by atoms with van der Waals surface area (Å²) in [6.45, 7) is 2.85. The lowest BCUT2D eigenvalue weighted by atomic mass is 10.1. The summed E-state index contributed by atoms with van der Waals surface area (Å²) >= 11 is 1.17. The summed E-state index contributed by atoms with van der Waals surface area (Å²) in [5, 5.41) is 9.43. The first-order chi connectivity index (χ1) is 12.4. The van der Waals surface area contributed by atoms with Gasteiger partial charge in [-0.2, -0.15) is 0 Å². The van der Waals surface area contributed by atoms with Crippen molar-refractivity contribution in [1.82, 2.24) is 14.5 Å². The number of aryl methyl sites for hydroxylation is 2. The van der Waals surface area contributed by atoms with Crippen molar-refractivity contribution >= 4 is 33.4 Å². The number of nitrogens with zero attached hydrogens (tertiary/aromatic N) is 3. The highest BCUT2D eigenvalue weighted by atomic mass is 32.1. The Bertz CT molecular complexity index is 898. The van der Waals surface area contributed by atoms with E-state index in [0.717, 1.165) is 12.8 Å². The zero-order chi connectivity index (χ0) is 18.8. The Morgan fingerprint density at radius 3 is 2.92 bits per heavy atom. The first kappa shape index (κ1) is 18.5. The Hall–Kier alpha value is -2.26. The van der Waals surface area contributed by atoms with E-state index in [4.69, 9.17) is 9.84 Å². The second-order valence-electron chi connectivity index (χ2n) is 6.43. The van der Waals surface area contributed by atoms with Crippen LogP contribution in [0.2, 0.25) is 0 Å². The van der Waals surface area contributed by atoms with Crippen molar-refractivity contribution in [1.29, 1.82) is 0 Å². The minimum Gasteiger partial charge on any atom is -0.481 e. The molecule has 26 heavy (non-hydrogen) atoms. The zero-order valence-electron chi connectivity index (χ0n) is 14.7. The zero-order valence-corrected chi connectivity index (χ0v) is 15.5. The summed E-state index contributed by atoms with van der Waals surface area (Å²) in [4.78, 5) is 43.1. The van der Waals surface area contributed by atoms with Crippen LogP contribution in [0.5, 0.6) is 0 Å². The van der Waals surface area contributed by atoms with Crippen molar-refractivity contribution in [3.8, 4) is 0 Å². The minimum atomic E-state index is -0.960. The van der Waals surface area contributed by atoms with Crippen molar-refractivity contribution in [2.45, 2.75) is 32.3 Å². The summed E-state index contributed by atoms with van der Waals surface area (Å²) < 4.78 is 6.98. The lowest BCUT2D eigenvalue weighted by Gasteiger charge is -2.24. The molecule has 0 saturated carbocycles. The molecule has 8 nitrogen and oxygen atoms in total. The monoisotopic (exact) mass is 379 g/mol. The Morgan fingerprint density at radius 2 is 2.27 bits per heavy atom. The molecule has 1 fully saturated rings. The first-order valence-corrected chi connectivity index (χ1v) is 9.27. The SMILES string of the molecule is Cc1c(C(=O)N(CCC(=O)O)C[C@H]2CCCO2)sc2ncn(C)c(=O)c12. The van der Waals surface area contributed by atoms with Gasteiger partial charge in [-0.15, -0.1) is 11.3 Å². The molecule has 0 aliphatic carbocycles. The fraction of sp³-hybridized carbons (Fsp3) is 0.529. The number of carbonyl (C=O) groups excluding carboxylic acids is 1. The molecule has 1 N–H and O–H groups in total. The number of rotatable bonds is 6. The highest BCUT2D eigenvalue weighted by Gasteiger charge is 2.27. The second-order valence-corrected chi connectivity index (χ2v) is 7.43. The minimum absolute atomic E-state index is 0.0755. The summed E-state index contributed by atoms with van der Waals surface area (Å²) in [7, 11) is 1.62. The van der Waals surface area contributed by atoms with Crippen LogP contribution < -0.4 is 5.56 Å². The van der Waals surface area contributed by atoms with E-state index in [0.29, 0.717) is 33.8 Å². The molecule has 1 atom stereocenters. The summed E-state index contributed by atoms with van der Waals surface area (Å²) in [5.74, 6) is -1.23. The van der Waals surface area contributed by atoms with E-state index in [2.05, 4.69) is 4.98 Å². The number of aromatic nitrogens is 2. The third-order valence-electron chi connectivity index (χ3n) is 4.54. The van der Waals surface area contributed by atoms with E-state index in [1.54, 1.807) is 14.0 Å². The average Bonchev–Trinajstić information content (AvgIpc) is 3.22. The van der Waals surface area contributed by atoms with Gasteiger partial charge in [0, 0.05) is 26.7 Å². The standard InChI is InChI=1S/C17H21N3O5S/c1-10-13-15(18-9-19(2)16(13)23)26-14(10)17(24)20(6-5-12(21)22)8-11-4-3-7-25-11/h9,11H,3-8H2,1-2H3,(H,21,22)/t11-/m1/s1. The number of carboxylic acids is 1. The fourth-order valence-electron chi connectivity index (χ4n) is 3.10. The molecule has 0 radical (unpaired) electrons. The van der Waals surface area contributed by atoms with Crippen molar-refractivity contribution in [2.75, 3.05) is 19.7 Å². The fourth-order valence-corrected chi connectivity index (χ4v) is 4.20. The van der Waals surface area contributed by atoms with Crippen LogP contribution in [-0.2, 0) is 16.6 Å². The topological polar surface area (TPSA) is 102 Å². The summed E-state index contributed by atoms with van der Waals surface area (Å²) in [6.07, 6.45) is 3.01. The number of fused-ring (bicyclic) bond motifs is 1. The smallest absolute Gasteiger partial charge is 0.305 e. The number of hydrogen-bond acceptors (Lipinski definition) is 6. The number of hydrogen-bond donors (Lipinski definition) is 1. The molecule has 0 spiro atoms. The van der Waals surface area contributed by atoms with Gasteiger partial charge >= 0.3 is 5.97 Å². The molecule has 1 amide bonds. The molecule has 0 bridgehead atoms. The Labute approximate surface area is 154 Å². The maximum absolute atomic E-state index is 13.1. The number of carbonyl (C=O) groups is 2. The van der Waals surface area contributed by atoms with Crippen LogP contribution in [0.4, 0.5) is 0 Å². The van der Waals surface area contributed by atoms with Gasteiger partial charge in [0.05, 0.1) is 29.1 Å². The van der Waals surface area contributed by atoms with Crippen LogP contribution in [0.1, 0.15) is 34.5 Å². The molecular formula is C17H21N3O5S. The maximum atomic E-state index is 13.1. The molecule has 2 aromatic heterocycles. The lowest BCUT2D eigenvalue weighted by Crippen LogP contribution is -2.38. The van der Waals surface area contributed by atoms with Crippen LogP contribution in [-0.4, -0.2) is 57.2 Å². The molecule has 3 rings (SSSR count). The lowest BCUT2D eigenvalue weighted by molar-refractivity contribution is -0.137. The third-order valence-corrected chi connectivity index (χ3v) is 5.72. The molecule has 140 valence electrons. The quantitative estimate of drug-likeness (QED) is 0.814. The number of ether oxygens (including phenoxy) is 1. The highest BCUT2D eigenvalue weighted by molar-refractivity contribution is 7.20. The van der Waals surface area contributed by atoms with E-state index in [-0.39, 0.29) is 30.5 Å². The van der Waals surface area contributed by atoms with E-state index in [1.807, 2.05) is 0 Å². The largest absolute Gasteiger partial charge is 0.481 e. The molecule has 0 aromatic carbocycles. The molecule has 3 heterocycles. The van der Waals surface area contributed by atoms with Gasteiger partial charge in [0.2, 0.25) is 0 Å². The van der Waals surface area contributed by atoms with Crippen molar-refractivity contribution in [2.24, 2.45) is 7.05 Å². The predicted octanol–water partition coefficient (Wildman–Crippen LogP) is 1.40. The van der Waals surface area contributed by atoms with Crippen LogP contribution in [0.25, 0.3) is 10.2 Å². The van der Waals surface area contributed by atoms with E-state index in [1.165, 1.54) is 27.1 Å². The van der Waals surface area contributed by atoms with Crippen molar-refractivity contribution in [3.63, 3.8) is 0 Å². The van der Waals surface area contributed by atoms with Crippen LogP contribution in [0.3, 0.4) is 0 Å². The number of amides is 1. The molecule has 0 unspecified atom stereocenters. The molecule has 1 saturated heterocycles. The summed E-state index contributed by atoms with van der Waals surface area (Å²) in [6, 6.07) is 0. The average molecular weight is 379 g/mol. The number of carboxylic acid groups (broad SMARTS) is 1. The third kappa shape index (κ3) is 3.63. The molecule has 1 aliphatic rings.